The molecule has 0 spiro atoms. The van der Waals surface area contributed by atoms with E-state index in [0.717, 1.165) is 23.0 Å². The molecule has 1 aromatic rings. The highest BCUT2D eigenvalue weighted by molar-refractivity contribution is 9.10. The van der Waals surface area contributed by atoms with Gasteiger partial charge in [-0.25, -0.2) is 0 Å². The standard InChI is InChI=1S/C15H21BrN2O/c1-2-14(11-3-5-12(16)6-4-11)18-15(19)9-10-17-13-7-8-13/h3-6,13-14,17H,2,7-10H2,1H3,(H,18,19). The summed E-state index contributed by atoms with van der Waals surface area (Å²) in [6, 6.07) is 8.92. The molecule has 0 bridgehead atoms. The quantitative estimate of drug-likeness (QED) is 0.808. The molecule has 1 amide bonds. The summed E-state index contributed by atoms with van der Waals surface area (Å²) in [5, 5.41) is 6.46. The first-order chi connectivity index (χ1) is 9.19. The smallest absolute Gasteiger partial charge is 0.221 e. The Labute approximate surface area is 123 Å². The normalized spacial score (nSPS) is 16.1. The number of carbonyl (C=O) groups is 1. The number of hydrogen-bond acceptors (Lipinski definition) is 2. The Morgan fingerprint density at radius 2 is 2.05 bits per heavy atom. The predicted molar refractivity (Wildman–Crippen MR) is 81.0 cm³/mol. The minimum absolute atomic E-state index is 0.113. The molecule has 1 fully saturated rings. The molecular formula is C15H21BrN2O. The largest absolute Gasteiger partial charge is 0.349 e. The fraction of sp³-hybridized carbons (Fsp3) is 0.533. The second-order valence-electron chi connectivity index (χ2n) is 5.06. The minimum atomic E-state index is 0.113. The SMILES string of the molecule is CCC(NC(=O)CCNC1CC1)c1ccc(Br)cc1. The molecule has 1 saturated carbocycles. The molecule has 1 aromatic carbocycles. The minimum Gasteiger partial charge on any atom is -0.349 e. The van der Waals surface area contributed by atoms with E-state index in [-0.39, 0.29) is 11.9 Å². The lowest BCUT2D eigenvalue weighted by Crippen LogP contribution is -2.31. The fourth-order valence-corrected chi connectivity index (χ4v) is 2.32. The highest BCUT2D eigenvalue weighted by Gasteiger charge is 2.20. The summed E-state index contributed by atoms with van der Waals surface area (Å²) in [6.45, 7) is 2.88. The van der Waals surface area contributed by atoms with Crippen LogP contribution >= 0.6 is 15.9 Å². The van der Waals surface area contributed by atoms with Gasteiger partial charge in [0.1, 0.15) is 0 Å². The number of amides is 1. The lowest BCUT2D eigenvalue weighted by atomic mass is 10.0. The maximum atomic E-state index is 11.9. The van der Waals surface area contributed by atoms with E-state index in [9.17, 15) is 4.79 Å². The van der Waals surface area contributed by atoms with Crippen molar-refractivity contribution in [2.45, 2.75) is 44.7 Å². The van der Waals surface area contributed by atoms with Gasteiger partial charge in [-0.15, -0.1) is 0 Å². The molecule has 1 atom stereocenters. The van der Waals surface area contributed by atoms with Crippen molar-refractivity contribution in [3.05, 3.63) is 34.3 Å². The molecule has 0 saturated heterocycles. The van der Waals surface area contributed by atoms with Gasteiger partial charge >= 0.3 is 0 Å². The van der Waals surface area contributed by atoms with Crippen LogP contribution in [0.4, 0.5) is 0 Å². The van der Waals surface area contributed by atoms with Gasteiger partial charge in [0.2, 0.25) is 5.91 Å². The monoisotopic (exact) mass is 324 g/mol. The van der Waals surface area contributed by atoms with Crippen molar-refractivity contribution in [3.63, 3.8) is 0 Å². The third kappa shape index (κ3) is 4.96. The molecule has 4 heteroatoms. The van der Waals surface area contributed by atoms with Crippen LogP contribution in [0.3, 0.4) is 0 Å². The van der Waals surface area contributed by atoms with Crippen molar-refractivity contribution in [2.24, 2.45) is 0 Å². The van der Waals surface area contributed by atoms with E-state index in [1.807, 2.05) is 12.1 Å². The van der Waals surface area contributed by atoms with E-state index in [1.54, 1.807) is 0 Å². The molecule has 0 aromatic heterocycles. The Bertz CT molecular complexity index is 415. The average molecular weight is 325 g/mol. The summed E-state index contributed by atoms with van der Waals surface area (Å²) in [5.41, 5.74) is 1.16. The first-order valence-electron chi connectivity index (χ1n) is 6.97. The van der Waals surface area contributed by atoms with Gasteiger partial charge in [0.15, 0.2) is 0 Å². The van der Waals surface area contributed by atoms with Gasteiger partial charge in [-0.05, 0) is 37.0 Å². The van der Waals surface area contributed by atoms with Crippen molar-refractivity contribution in [2.75, 3.05) is 6.54 Å². The number of benzene rings is 1. The maximum absolute atomic E-state index is 11.9. The Balaban J connectivity index is 1.79. The number of nitrogens with one attached hydrogen (secondary N) is 2. The van der Waals surface area contributed by atoms with Gasteiger partial charge in [0.05, 0.1) is 6.04 Å². The topological polar surface area (TPSA) is 41.1 Å². The molecule has 1 aliphatic carbocycles. The van der Waals surface area contributed by atoms with Crippen molar-refractivity contribution in [1.82, 2.24) is 10.6 Å². The van der Waals surface area contributed by atoms with Gasteiger partial charge < -0.3 is 10.6 Å². The zero-order valence-electron chi connectivity index (χ0n) is 11.3. The molecule has 0 aliphatic heterocycles. The highest BCUT2D eigenvalue weighted by Crippen LogP contribution is 2.20. The summed E-state index contributed by atoms with van der Waals surface area (Å²) in [6.07, 6.45) is 3.99. The zero-order valence-corrected chi connectivity index (χ0v) is 12.9. The van der Waals surface area contributed by atoms with E-state index in [4.69, 9.17) is 0 Å². The van der Waals surface area contributed by atoms with Crippen LogP contribution in [-0.2, 0) is 4.79 Å². The third-order valence-corrected chi connectivity index (χ3v) is 3.91. The highest BCUT2D eigenvalue weighted by atomic mass is 79.9. The Morgan fingerprint density at radius 1 is 1.37 bits per heavy atom. The van der Waals surface area contributed by atoms with Gasteiger partial charge in [0.25, 0.3) is 0 Å². The number of hydrogen-bond donors (Lipinski definition) is 2. The summed E-state index contributed by atoms with van der Waals surface area (Å²) in [5.74, 6) is 0.128. The molecule has 3 nitrogen and oxygen atoms in total. The Hall–Kier alpha value is -0.870. The lowest BCUT2D eigenvalue weighted by Gasteiger charge is -2.17. The van der Waals surface area contributed by atoms with Crippen LogP contribution in [0.1, 0.15) is 44.2 Å². The number of rotatable bonds is 7. The van der Waals surface area contributed by atoms with Crippen molar-refractivity contribution >= 4 is 21.8 Å². The molecule has 19 heavy (non-hydrogen) atoms. The van der Waals surface area contributed by atoms with Gasteiger partial charge in [-0.1, -0.05) is 35.0 Å². The second kappa shape index (κ2) is 7.06. The third-order valence-electron chi connectivity index (χ3n) is 3.38. The lowest BCUT2D eigenvalue weighted by molar-refractivity contribution is -0.121. The van der Waals surface area contributed by atoms with E-state index >= 15 is 0 Å². The summed E-state index contributed by atoms with van der Waals surface area (Å²) in [7, 11) is 0. The molecule has 2 N–H and O–H groups in total. The van der Waals surface area contributed by atoms with E-state index in [2.05, 4.69) is 45.6 Å². The van der Waals surface area contributed by atoms with Gasteiger partial charge in [0, 0.05) is 23.5 Å². The second-order valence-corrected chi connectivity index (χ2v) is 5.97. The van der Waals surface area contributed by atoms with Crippen molar-refractivity contribution < 1.29 is 4.79 Å². The predicted octanol–water partition coefficient (Wildman–Crippen LogP) is 3.16. The molecule has 2 rings (SSSR count). The maximum Gasteiger partial charge on any atom is 0.221 e. The first kappa shape index (κ1) is 14.5. The molecule has 104 valence electrons. The fourth-order valence-electron chi connectivity index (χ4n) is 2.06. The molecule has 0 radical (unpaired) electrons. The summed E-state index contributed by atoms with van der Waals surface area (Å²) >= 11 is 3.43. The van der Waals surface area contributed by atoms with Gasteiger partial charge in [-0.2, -0.15) is 0 Å². The molecular weight excluding hydrogens is 304 g/mol. The summed E-state index contributed by atoms with van der Waals surface area (Å²) < 4.78 is 1.06. The Kier molecular flexibility index (Phi) is 5.40. The van der Waals surface area contributed by atoms with Crippen LogP contribution in [0.5, 0.6) is 0 Å². The Morgan fingerprint density at radius 3 is 2.63 bits per heavy atom. The summed E-state index contributed by atoms with van der Waals surface area (Å²) in [4.78, 5) is 11.9. The molecule has 0 heterocycles. The number of carbonyl (C=O) groups excluding carboxylic acids is 1. The van der Waals surface area contributed by atoms with E-state index in [0.29, 0.717) is 12.5 Å². The van der Waals surface area contributed by atoms with E-state index < -0.39 is 0 Å². The number of halogens is 1. The van der Waals surface area contributed by atoms with Crippen molar-refractivity contribution in [3.8, 4) is 0 Å². The van der Waals surface area contributed by atoms with Crippen LogP contribution in [0.25, 0.3) is 0 Å². The van der Waals surface area contributed by atoms with E-state index in [1.165, 1.54) is 12.8 Å². The zero-order chi connectivity index (χ0) is 13.7. The molecule has 1 unspecified atom stereocenters. The van der Waals surface area contributed by atoms with Crippen LogP contribution in [0.15, 0.2) is 28.7 Å². The van der Waals surface area contributed by atoms with Crippen LogP contribution in [0.2, 0.25) is 0 Å². The first-order valence-corrected chi connectivity index (χ1v) is 7.76. The van der Waals surface area contributed by atoms with Gasteiger partial charge in [-0.3, -0.25) is 4.79 Å². The van der Waals surface area contributed by atoms with Crippen LogP contribution in [-0.4, -0.2) is 18.5 Å². The molecule has 1 aliphatic rings. The van der Waals surface area contributed by atoms with Crippen LogP contribution in [0, 0.1) is 0 Å². The average Bonchev–Trinajstić information content (AvgIpc) is 3.21. The van der Waals surface area contributed by atoms with Crippen LogP contribution < -0.4 is 10.6 Å². The van der Waals surface area contributed by atoms with Crippen molar-refractivity contribution in [1.29, 1.82) is 0 Å².